The molecule has 0 saturated carbocycles. The van der Waals surface area contributed by atoms with Crippen LogP contribution in [0.5, 0.6) is 0 Å². The Kier molecular flexibility index (Phi) is 10.3. The molecule has 0 bridgehead atoms. The fourth-order valence-corrected chi connectivity index (χ4v) is 7.03. The number of aromatic nitrogens is 1. The van der Waals surface area contributed by atoms with Crippen molar-refractivity contribution in [2.75, 3.05) is 59.0 Å². The number of benzene rings is 2. The summed E-state index contributed by atoms with van der Waals surface area (Å²) in [7, 11) is 0. The van der Waals surface area contributed by atoms with Crippen LogP contribution in [0.3, 0.4) is 0 Å². The molecule has 6 rings (SSSR count). The second-order valence-electron chi connectivity index (χ2n) is 12.6. The average Bonchev–Trinajstić information content (AvgIpc) is 3.14. The monoisotopic (exact) mass is 637 g/mol. The number of esters is 1. The first kappa shape index (κ1) is 32.4. The summed E-state index contributed by atoms with van der Waals surface area (Å²) in [5.74, 6) is -1.40. The molecule has 3 aliphatic rings. The van der Waals surface area contributed by atoms with E-state index >= 15 is 0 Å². The maximum Gasteiger partial charge on any atom is 0.397 e. The standard InChI is InChI=1S/C37H43N5O5/c1-2-47-37(46)36(45)41-22-20-40(21-23-41)34(43)29-14-9-17-42(26-29)31-15-18-39(19-16-31)35(44)30-24-32(27-10-5-3-6-11-27)38-33(25-30)28-12-7-4-8-13-28/h3-8,10-13,24-25,29,31H,2,9,14-23,26H2,1H3/t29-/m1/s1. The van der Waals surface area contributed by atoms with E-state index in [0.29, 0.717) is 57.4 Å². The van der Waals surface area contributed by atoms with Crippen molar-refractivity contribution in [3.05, 3.63) is 78.4 Å². The van der Waals surface area contributed by atoms with Gasteiger partial charge in [-0.25, -0.2) is 9.78 Å². The molecule has 47 heavy (non-hydrogen) atoms. The van der Waals surface area contributed by atoms with Crippen LogP contribution in [0, 0.1) is 5.92 Å². The first-order chi connectivity index (χ1) is 22.9. The van der Waals surface area contributed by atoms with Crippen LogP contribution in [-0.2, 0) is 19.1 Å². The lowest BCUT2D eigenvalue weighted by molar-refractivity contribution is -0.161. The van der Waals surface area contributed by atoms with Crippen LogP contribution < -0.4 is 0 Å². The van der Waals surface area contributed by atoms with Crippen molar-refractivity contribution >= 4 is 23.7 Å². The van der Waals surface area contributed by atoms with Gasteiger partial charge >= 0.3 is 11.9 Å². The van der Waals surface area contributed by atoms with E-state index in [4.69, 9.17) is 9.72 Å². The molecule has 3 aromatic rings. The molecule has 3 saturated heterocycles. The number of rotatable bonds is 6. The lowest BCUT2D eigenvalue weighted by Crippen LogP contribution is -2.56. The lowest BCUT2D eigenvalue weighted by Gasteiger charge is -2.43. The quantitative estimate of drug-likeness (QED) is 0.298. The van der Waals surface area contributed by atoms with Gasteiger partial charge < -0.3 is 19.4 Å². The molecule has 0 aliphatic carbocycles. The Bertz CT molecular complexity index is 1510. The second-order valence-corrected chi connectivity index (χ2v) is 12.6. The molecule has 3 amide bonds. The number of likely N-dealkylation sites (tertiary alicyclic amines) is 2. The third kappa shape index (κ3) is 7.54. The molecule has 1 atom stereocenters. The summed E-state index contributed by atoms with van der Waals surface area (Å²) in [5, 5.41) is 0. The predicted octanol–water partition coefficient (Wildman–Crippen LogP) is 3.97. The van der Waals surface area contributed by atoms with Crippen molar-refractivity contribution in [1.82, 2.24) is 24.6 Å². The minimum atomic E-state index is -0.836. The molecule has 0 spiro atoms. The maximum atomic E-state index is 13.9. The van der Waals surface area contributed by atoms with Crippen LogP contribution in [0.25, 0.3) is 22.5 Å². The highest BCUT2D eigenvalue weighted by Gasteiger charge is 2.36. The van der Waals surface area contributed by atoms with Crippen LogP contribution >= 0.6 is 0 Å². The first-order valence-electron chi connectivity index (χ1n) is 16.8. The highest BCUT2D eigenvalue weighted by Crippen LogP contribution is 2.29. The average molecular weight is 638 g/mol. The van der Waals surface area contributed by atoms with Gasteiger partial charge in [-0.05, 0) is 51.3 Å². The third-order valence-electron chi connectivity index (χ3n) is 9.61. The molecule has 10 nitrogen and oxygen atoms in total. The van der Waals surface area contributed by atoms with E-state index in [2.05, 4.69) is 4.90 Å². The fraction of sp³-hybridized carbons (Fsp3) is 0.432. The van der Waals surface area contributed by atoms with Gasteiger partial charge in [-0.3, -0.25) is 19.3 Å². The zero-order valence-corrected chi connectivity index (χ0v) is 27.1. The topological polar surface area (TPSA) is 103 Å². The largest absolute Gasteiger partial charge is 0.459 e. The molecule has 3 aliphatic heterocycles. The predicted molar refractivity (Wildman–Crippen MR) is 178 cm³/mol. The van der Waals surface area contributed by atoms with Crippen LogP contribution in [0.2, 0.25) is 0 Å². The van der Waals surface area contributed by atoms with Crippen LogP contribution in [0.1, 0.15) is 43.0 Å². The van der Waals surface area contributed by atoms with Crippen molar-refractivity contribution in [2.45, 2.75) is 38.6 Å². The van der Waals surface area contributed by atoms with E-state index in [1.54, 1.807) is 6.92 Å². The van der Waals surface area contributed by atoms with E-state index in [1.165, 1.54) is 4.90 Å². The number of pyridine rings is 1. The van der Waals surface area contributed by atoms with E-state index < -0.39 is 11.9 Å². The molecule has 4 heterocycles. The van der Waals surface area contributed by atoms with E-state index in [-0.39, 0.29) is 24.3 Å². The third-order valence-corrected chi connectivity index (χ3v) is 9.61. The summed E-state index contributed by atoms with van der Waals surface area (Å²) < 4.78 is 4.84. The Morgan fingerprint density at radius 3 is 1.87 bits per heavy atom. The Balaban J connectivity index is 1.05. The number of carbonyl (C=O) groups excluding carboxylic acids is 4. The van der Waals surface area contributed by atoms with Gasteiger partial charge in [-0.1, -0.05) is 60.7 Å². The Morgan fingerprint density at radius 2 is 1.30 bits per heavy atom. The van der Waals surface area contributed by atoms with Crippen LogP contribution in [0.15, 0.2) is 72.8 Å². The zero-order chi connectivity index (χ0) is 32.8. The van der Waals surface area contributed by atoms with Crippen LogP contribution in [-0.4, -0.2) is 113 Å². The number of nitrogens with zero attached hydrogens (tertiary/aromatic N) is 5. The summed E-state index contributed by atoms with van der Waals surface area (Å²) >= 11 is 0. The molecule has 246 valence electrons. The van der Waals surface area contributed by atoms with Crippen LogP contribution in [0.4, 0.5) is 0 Å². The van der Waals surface area contributed by atoms with Gasteiger partial charge in [0.15, 0.2) is 0 Å². The molecule has 0 N–H and O–H groups in total. The summed E-state index contributed by atoms with van der Waals surface area (Å²) in [6.45, 7) is 6.35. The van der Waals surface area contributed by atoms with E-state index in [0.717, 1.165) is 54.7 Å². The van der Waals surface area contributed by atoms with Gasteiger partial charge in [0.05, 0.1) is 23.9 Å². The number of hydrogen-bond donors (Lipinski definition) is 0. The molecule has 3 fully saturated rings. The normalized spacial score (nSPS) is 19.3. The Morgan fingerprint density at radius 1 is 0.723 bits per heavy atom. The van der Waals surface area contributed by atoms with E-state index in [1.807, 2.05) is 82.6 Å². The molecule has 0 radical (unpaired) electrons. The molecule has 0 unspecified atom stereocenters. The highest BCUT2D eigenvalue weighted by atomic mass is 16.5. The number of hydrogen-bond acceptors (Lipinski definition) is 7. The van der Waals surface area contributed by atoms with Gasteiger partial charge in [0.2, 0.25) is 5.91 Å². The number of piperazine rings is 1. The van der Waals surface area contributed by atoms with Crippen molar-refractivity contribution in [1.29, 1.82) is 0 Å². The number of amides is 3. The second kappa shape index (κ2) is 14.9. The Labute approximate surface area is 276 Å². The zero-order valence-electron chi connectivity index (χ0n) is 27.1. The van der Waals surface area contributed by atoms with Crippen molar-refractivity contribution in [3.8, 4) is 22.5 Å². The number of piperidine rings is 2. The van der Waals surface area contributed by atoms with Crippen molar-refractivity contribution in [3.63, 3.8) is 0 Å². The lowest BCUT2D eigenvalue weighted by atomic mass is 9.92. The minimum Gasteiger partial charge on any atom is -0.459 e. The fourth-order valence-electron chi connectivity index (χ4n) is 7.03. The minimum absolute atomic E-state index is 0.0208. The summed E-state index contributed by atoms with van der Waals surface area (Å²) in [4.78, 5) is 64.1. The first-order valence-corrected chi connectivity index (χ1v) is 16.8. The summed E-state index contributed by atoms with van der Waals surface area (Å²) in [6, 6.07) is 24.1. The smallest absolute Gasteiger partial charge is 0.397 e. The van der Waals surface area contributed by atoms with Gasteiger partial charge in [0.25, 0.3) is 5.91 Å². The van der Waals surface area contributed by atoms with E-state index in [9.17, 15) is 19.2 Å². The van der Waals surface area contributed by atoms with Crippen molar-refractivity contribution < 1.29 is 23.9 Å². The van der Waals surface area contributed by atoms with Gasteiger partial charge in [0.1, 0.15) is 0 Å². The molecule has 10 heteroatoms. The summed E-state index contributed by atoms with van der Waals surface area (Å²) in [6.07, 6.45) is 3.54. The van der Waals surface area contributed by atoms with Gasteiger partial charge in [0, 0.05) is 68.5 Å². The molecule has 1 aromatic heterocycles. The molecular weight excluding hydrogens is 594 g/mol. The highest BCUT2D eigenvalue weighted by molar-refractivity contribution is 6.32. The molecule has 2 aromatic carbocycles. The molecular formula is C37H43N5O5. The van der Waals surface area contributed by atoms with Crippen molar-refractivity contribution in [2.24, 2.45) is 5.92 Å². The SMILES string of the molecule is CCOC(=O)C(=O)N1CCN(C(=O)[C@@H]2CCCN(C3CCN(C(=O)c4cc(-c5ccccc5)nc(-c5ccccc5)c4)CC3)C2)CC1. The number of ether oxygens (including phenoxy) is 1. The Hall–Kier alpha value is -4.57. The maximum absolute atomic E-state index is 13.9. The van der Waals surface area contributed by atoms with Gasteiger partial charge in [-0.15, -0.1) is 0 Å². The van der Waals surface area contributed by atoms with Gasteiger partial charge in [-0.2, -0.15) is 0 Å². The number of carbonyl (C=O) groups is 4. The summed E-state index contributed by atoms with van der Waals surface area (Å²) in [5.41, 5.74) is 4.14.